The van der Waals surface area contributed by atoms with Crippen LogP contribution in [-0.4, -0.2) is 22.1 Å². The van der Waals surface area contributed by atoms with Gasteiger partial charge in [0, 0.05) is 5.39 Å². The van der Waals surface area contributed by atoms with Gasteiger partial charge in [-0.2, -0.15) is 0 Å². The first-order valence-electron chi connectivity index (χ1n) is 8.41. The van der Waals surface area contributed by atoms with Gasteiger partial charge >= 0.3 is 5.97 Å². The Bertz CT molecular complexity index is 1390. The summed E-state index contributed by atoms with van der Waals surface area (Å²) in [5.41, 5.74) is 1.97. The molecular weight excluding hydrogens is 344 g/mol. The van der Waals surface area contributed by atoms with E-state index in [9.17, 15) is 9.59 Å². The molecule has 27 heavy (non-hydrogen) atoms. The monoisotopic (exact) mass is 358 g/mol. The summed E-state index contributed by atoms with van der Waals surface area (Å²) < 4.78 is 14.0. The molecule has 6 nitrogen and oxygen atoms in total. The normalized spacial score (nSPS) is 11.4. The second-order valence-electron chi connectivity index (χ2n) is 6.16. The van der Waals surface area contributed by atoms with E-state index in [1.165, 1.54) is 13.4 Å². The number of furan rings is 1. The number of esters is 1. The molecule has 3 aromatic heterocycles. The van der Waals surface area contributed by atoms with Crippen molar-refractivity contribution in [3.05, 3.63) is 82.8 Å². The van der Waals surface area contributed by atoms with Gasteiger partial charge in [0.2, 0.25) is 0 Å². The summed E-state index contributed by atoms with van der Waals surface area (Å²) in [6.07, 6.45) is 1.53. The molecular formula is C21H14N2O4. The van der Waals surface area contributed by atoms with Gasteiger partial charge in [0.05, 0.1) is 35.4 Å². The number of aromatic nitrogens is 2. The maximum Gasteiger partial charge on any atom is 0.340 e. The van der Waals surface area contributed by atoms with E-state index < -0.39 is 5.97 Å². The van der Waals surface area contributed by atoms with Crippen molar-refractivity contribution in [1.29, 1.82) is 0 Å². The van der Waals surface area contributed by atoms with Crippen LogP contribution in [0.4, 0.5) is 0 Å². The molecule has 0 fully saturated rings. The van der Waals surface area contributed by atoms with Gasteiger partial charge < -0.3 is 9.15 Å². The van der Waals surface area contributed by atoms with E-state index in [2.05, 4.69) is 0 Å². The highest BCUT2D eigenvalue weighted by Crippen LogP contribution is 2.32. The Kier molecular flexibility index (Phi) is 3.21. The lowest BCUT2D eigenvalue weighted by atomic mass is 10.1. The van der Waals surface area contributed by atoms with Gasteiger partial charge in [0.25, 0.3) is 5.56 Å². The van der Waals surface area contributed by atoms with Crippen LogP contribution in [0.5, 0.6) is 0 Å². The fraction of sp³-hybridized carbons (Fsp3) is 0.0476. The molecule has 0 aliphatic heterocycles. The molecule has 0 aliphatic carbocycles. The largest absolute Gasteiger partial charge is 0.465 e. The van der Waals surface area contributed by atoms with Crippen LogP contribution in [0.25, 0.3) is 33.3 Å². The summed E-state index contributed by atoms with van der Waals surface area (Å²) in [5.74, 6) is -0.0234. The highest BCUT2D eigenvalue weighted by molar-refractivity contribution is 6.08. The van der Waals surface area contributed by atoms with E-state index in [0.29, 0.717) is 38.8 Å². The molecule has 0 aliphatic rings. The number of carbonyl (C=O) groups excluding carboxylic acids is 1. The molecule has 132 valence electrons. The molecule has 0 N–H and O–H groups in total. The van der Waals surface area contributed by atoms with E-state index in [-0.39, 0.29) is 5.56 Å². The first kappa shape index (κ1) is 15.5. The van der Waals surface area contributed by atoms with Crippen molar-refractivity contribution in [1.82, 2.24) is 9.03 Å². The maximum absolute atomic E-state index is 13.2. The Hall–Kier alpha value is -3.80. The second kappa shape index (κ2) is 5.60. The minimum absolute atomic E-state index is 0.161. The van der Waals surface area contributed by atoms with Gasteiger partial charge in [-0.25, -0.2) is 13.8 Å². The van der Waals surface area contributed by atoms with E-state index >= 15 is 0 Å². The highest BCUT2D eigenvalue weighted by Gasteiger charge is 2.26. The molecule has 5 aromatic rings. The number of fused-ring (bicyclic) bond motifs is 5. The van der Waals surface area contributed by atoms with E-state index in [4.69, 9.17) is 9.15 Å². The summed E-state index contributed by atoms with van der Waals surface area (Å²) >= 11 is 0. The molecule has 0 spiro atoms. The van der Waals surface area contributed by atoms with Gasteiger partial charge in [-0.15, -0.1) is 0 Å². The predicted molar refractivity (Wildman–Crippen MR) is 101 cm³/mol. The number of methoxy groups -OCH3 is 1. The van der Waals surface area contributed by atoms with Gasteiger partial charge in [0.1, 0.15) is 5.69 Å². The van der Waals surface area contributed by atoms with Crippen molar-refractivity contribution in [3.8, 4) is 11.5 Å². The van der Waals surface area contributed by atoms with Gasteiger partial charge in [0.15, 0.2) is 5.76 Å². The van der Waals surface area contributed by atoms with Gasteiger partial charge in [-0.3, -0.25) is 4.79 Å². The van der Waals surface area contributed by atoms with Crippen LogP contribution in [0.2, 0.25) is 0 Å². The third-order valence-corrected chi connectivity index (χ3v) is 4.75. The van der Waals surface area contributed by atoms with E-state index in [1.807, 2.05) is 36.4 Å². The minimum atomic E-state index is -0.495. The topological polar surface area (TPSA) is 65.3 Å². The second-order valence-corrected chi connectivity index (χ2v) is 6.16. The smallest absolute Gasteiger partial charge is 0.340 e. The lowest BCUT2D eigenvalue weighted by Gasteiger charge is -2.15. The fourth-order valence-corrected chi connectivity index (χ4v) is 3.64. The quantitative estimate of drug-likeness (QED) is 0.451. The average Bonchev–Trinajstić information content (AvgIpc) is 3.34. The van der Waals surface area contributed by atoms with Crippen molar-refractivity contribution in [2.75, 3.05) is 7.11 Å². The van der Waals surface area contributed by atoms with Crippen LogP contribution < -0.4 is 5.56 Å². The summed E-state index contributed by atoms with van der Waals surface area (Å²) in [5, 5.41) is 1.18. The number of ether oxygens (including phenoxy) is 1. The number of hydrogen-bond donors (Lipinski definition) is 0. The first-order chi connectivity index (χ1) is 13.2. The Morgan fingerprint density at radius 1 is 0.889 bits per heavy atom. The molecule has 3 heterocycles. The zero-order valence-electron chi connectivity index (χ0n) is 14.4. The van der Waals surface area contributed by atoms with E-state index in [1.54, 1.807) is 33.3 Å². The molecule has 6 heteroatoms. The van der Waals surface area contributed by atoms with Crippen molar-refractivity contribution < 1.29 is 13.9 Å². The van der Waals surface area contributed by atoms with Gasteiger partial charge in [-0.1, -0.05) is 30.3 Å². The van der Waals surface area contributed by atoms with Crippen molar-refractivity contribution in [3.63, 3.8) is 0 Å². The Balaban J connectivity index is 2.19. The first-order valence-corrected chi connectivity index (χ1v) is 8.41. The molecule has 0 unspecified atom stereocenters. The van der Waals surface area contributed by atoms with E-state index in [0.717, 1.165) is 0 Å². The van der Waals surface area contributed by atoms with Gasteiger partial charge in [-0.05, 0) is 30.3 Å². The molecule has 0 amide bonds. The number of nitrogens with zero attached hydrogens (tertiary/aromatic N) is 2. The summed E-state index contributed by atoms with van der Waals surface area (Å²) in [4.78, 5) is 25.9. The SMILES string of the molecule is COC(=O)c1c(-c2ccco2)n2c3ccccc3c(=O)n2c2ccccc12. The maximum atomic E-state index is 13.2. The van der Waals surface area contributed by atoms with Crippen molar-refractivity contribution in [2.45, 2.75) is 0 Å². The number of benzene rings is 2. The van der Waals surface area contributed by atoms with Crippen LogP contribution in [0.15, 0.2) is 76.1 Å². The van der Waals surface area contributed by atoms with Crippen molar-refractivity contribution >= 4 is 27.8 Å². The zero-order chi connectivity index (χ0) is 18.5. The number of rotatable bonds is 2. The molecule has 2 aromatic carbocycles. The number of para-hydroxylation sites is 2. The molecule has 0 saturated carbocycles. The number of hydrogen-bond acceptors (Lipinski definition) is 4. The van der Waals surface area contributed by atoms with Crippen LogP contribution in [0.3, 0.4) is 0 Å². The van der Waals surface area contributed by atoms with Crippen LogP contribution >= 0.6 is 0 Å². The van der Waals surface area contributed by atoms with Crippen molar-refractivity contribution in [2.24, 2.45) is 0 Å². The third-order valence-electron chi connectivity index (χ3n) is 4.75. The lowest BCUT2D eigenvalue weighted by molar-refractivity contribution is 0.0603. The standard InChI is InChI=1S/C21H14N2O4/c1-26-21(25)18-13-7-2-4-9-15(13)23-20(24)14-8-3-5-10-16(14)22(23)19(18)17-11-6-12-27-17/h2-12H,1H3. The Labute approximate surface area is 152 Å². The minimum Gasteiger partial charge on any atom is -0.465 e. The van der Waals surface area contributed by atoms with Crippen LogP contribution in [-0.2, 0) is 4.74 Å². The molecule has 0 bridgehead atoms. The zero-order valence-corrected chi connectivity index (χ0v) is 14.4. The fourth-order valence-electron chi connectivity index (χ4n) is 3.64. The van der Waals surface area contributed by atoms with Crippen LogP contribution in [0.1, 0.15) is 10.4 Å². The number of carbonyl (C=O) groups is 1. The molecule has 0 radical (unpaired) electrons. The highest BCUT2D eigenvalue weighted by atomic mass is 16.5. The molecule has 5 rings (SSSR count). The third kappa shape index (κ3) is 2.01. The summed E-state index contributed by atoms with van der Waals surface area (Å²) in [6, 6.07) is 18.1. The predicted octanol–water partition coefficient (Wildman–Crippen LogP) is 3.75. The lowest BCUT2D eigenvalue weighted by Crippen LogP contribution is -2.18. The Morgan fingerprint density at radius 3 is 2.22 bits per heavy atom. The summed E-state index contributed by atoms with van der Waals surface area (Å²) in [6.45, 7) is 0. The average molecular weight is 358 g/mol. The summed E-state index contributed by atoms with van der Waals surface area (Å²) in [7, 11) is 1.34. The molecule has 0 saturated heterocycles. The molecule has 0 atom stereocenters. The Morgan fingerprint density at radius 2 is 1.56 bits per heavy atom. The van der Waals surface area contributed by atoms with Crippen LogP contribution in [0, 0.1) is 0 Å².